The molecule has 1 saturated heterocycles. The second kappa shape index (κ2) is 8.11. The quantitative estimate of drug-likeness (QED) is 0.892. The Morgan fingerprint density at radius 2 is 2.21 bits per heavy atom. The Balaban J connectivity index is 2.04. The van der Waals surface area contributed by atoms with Gasteiger partial charge in [0.2, 0.25) is 5.91 Å². The summed E-state index contributed by atoms with van der Waals surface area (Å²) in [6, 6.07) is 1.95. The molecule has 1 atom stereocenters. The maximum atomic E-state index is 12.5. The van der Waals surface area contributed by atoms with Gasteiger partial charge in [-0.1, -0.05) is 0 Å². The molecule has 1 amide bonds. The van der Waals surface area contributed by atoms with Crippen LogP contribution in [0, 0.1) is 25.2 Å². The number of hydrogen-bond donors (Lipinski definition) is 1. The second-order valence-corrected chi connectivity index (χ2v) is 6.23. The monoisotopic (exact) mass is 331 g/mol. The Morgan fingerprint density at radius 1 is 1.46 bits per heavy atom. The summed E-state index contributed by atoms with van der Waals surface area (Å²) in [6.07, 6.45) is 3.00. The first kappa shape index (κ1) is 18.2. The fourth-order valence-corrected chi connectivity index (χ4v) is 3.35. The highest BCUT2D eigenvalue weighted by atomic mass is 16.5. The van der Waals surface area contributed by atoms with Crippen LogP contribution >= 0.6 is 0 Å². The van der Waals surface area contributed by atoms with Crippen LogP contribution in [-0.2, 0) is 16.0 Å². The molecule has 1 aromatic rings. The zero-order valence-electron chi connectivity index (χ0n) is 14.6. The van der Waals surface area contributed by atoms with Gasteiger partial charge < -0.3 is 14.6 Å². The van der Waals surface area contributed by atoms with E-state index in [-0.39, 0.29) is 23.1 Å². The van der Waals surface area contributed by atoms with Gasteiger partial charge in [0, 0.05) is 31.8 Å². The van der Waals surface area contributed by atoms with Crippen molar-refractivity contribution >= 4 is 5.91 Å². The molecular formula is C18H25N3O3. The van der Waals surface area contributed by atoms with Gasteiger partial charge in [-0.05, 0) is 51.2 Å². The number of H-pyrrole nitrogens is 1. The minimum atomic E-state index is -0.363. The maximum absolute atomic E-state index is 12.5. The lowest BCUT2D eigenvalue weighted by molar-refractivity contribution is -0.135. The van der Waals surface area contributed by atoms with Crippen LogP contribution in [0.1, 0.15) is 48.6 Å². The highest BCUT2D eigenvalue weighted by molar-refractivity contribution is 5.76. The molecule has 2 heterocycles. The third-order valence-electron chi connectivity index (χ3n) is 4.64. The summed E-state index contributed by atoms with van der Waals surface area (Å²) in [5, 5.41) is 9.12. The fourth-order valence-electron chi connectivity index (χ4n) is 3.35. The third-order valence-corrected chi connectivity index (χ3v) is 4.64. The zero-order valence-corrected chi connectivity index (χ0v) is 14.6. The van der Waals surface area contributed by atoms with E-state index in [9.17, 15) is 9.59 Å². The molecule has 0 aliphatic carbocycles. The number of amides is 1. The summed E-state index contributed by atoms with van der Waals surface area (Å²) in [4.78, 5) is 28.8. The molecule has 0 bridgehead atoms. The van der Waals surface area contributed by atoms with Crippen molar-refractivity contribution < 1.29 is 9.53 Å². The van der Waals surface area contributed by atoms with Gasteiger partial charge in [-0.25, -0.2) is 0 Å². The van der Waals surface area contributed by atoms with E-state index in [1.807, 2.05) is 17.9 Å². The first-order chi connectivity index (χ1) is 11.5. The van der Waals surface area contributed by atoms with Crippen molar-refractivity contribution in [2.45, 2.75) is 52.6 Å². The Morgan fingerprint density at radius 3 is 2.88 bits per heavy atom. The summed E-state index contributed by atoms with van der Waals surface area (Å²) >= 11 is 0. The smallest absolute Gasteiger partial charge is 0.266 e. The molecule has 130 valence electrons. The molecule has 1 fully saturated rings. The Hall–Kier alpha value is -2.13. The minimum absolute atomic E-state index is 0.0999. The van der Waals surface area contributed by atoms with Gasteiger partial charge in [0.05, 0.1) is 6.10 Å². The van der Waals surface area contributed by atoms with Crippen LogP contribution in [0.5, 0.6) is 0 Å². The summed E-state index contributed by atoms with van der Waals surface area (Å²) in [6.45, 7) is 7.64. The number of carbonyl (C=O) groups excluding carboxylic acids is 1. The molecule has 1 aliphatic rings. The normalized spacial score (nSPS) is 17.6. The van der Waals surface area contributed by atoms with Crippen molar-refractivity contribution in [3.05, 3.63) is 32.7 Å². The molecule has 1 N–H and O–H groups in total. The van der Waals surface area contributed by atoms with Gasteiger partial charge in [0.1, 0.15) is 11.6 Å². The van der Waals surface area contributed by atoms with E-state index in [1.54, 1.807) is 13.8 Å². The zero-order chi connectivity index (χ0) is 17.7. The summed E-state index contributed by atoms with van der Waals surface area (Å²) in [5.74, 6) is 0.0999. The lowest BCUT2D eigenvalue weighted by Gasteiger charge is -2.32. The number of aromatic amines is 1. The van der Waals surface area contributed by atoms with Crippen LogP contribution < -0.4 is 5.56 Å². The van der Waals surface area contributed by atoms with Gasteiger partial charge in [0.15, 0.2) is 0 Å². The molecule has 1 aromatic heterocycles. The number of piperidine rings is 1. The number of nitrogens with zero attached hydrogens (tertiary/aromatic N) is 2. The fraction of sp³-hybridized carbons (Fsp3) is 0.611. The average molecular weight is 331 g/mol. The van der Waals surface area contributed by atoms with Crippen molar-refractivity contribution in [2.24, 2.45) is 0 Å². The number of nitrogens with one attached hydrogen (secondary N) is 1. The van der Waals surface area contributed by atoms with E-state index in [4.69, 9.17) is 10.00 Å². The predicted molar refractivity (Wildman–Crippen MR) is 90.8 cm³/mol. The van der Waals surface area contributed by atoms with Crippen molar-refractivity contribution in [1.82, 2.24) is 9.88 Å². The van der Waals surface area contributed by atoms with Crippen molar-refractivity contribution in [1.29, 1.82) is 5.26 Å². The summed E-state index contributed by atoms with van der Waals surface area (Å²) in [5.41, 5.74) is 2.07. The van der Waals surface area contributed by atoms with Crippen LogP contribution in [0.25, 0.3) is 0 Å². The highest BCUT2D eigenvalue weighted by Crippen LogP contribution is 2.18. The van der Waals surface area contributed by atoms with Gasteiger partial charge in [-0.2, -0.15) is 5.26 Å². The van der Waals surface area contributed by atoms with Gasteiger partial charge in [0.25, 0.3) is 5.56 Å². The Kier molecular flexibility index (Phi) is 6.16. The lowest BCUT2D eigenvalue weighted by Crippen LogP contribution is -2.43. The number of pyridine rings is 1. The van der Waals surface area contributed by atoms with Crippen molar-refractivity contribution in [3.8, 4) is 6.07 Å². The molecule has 0 radical (unpaired) electrons. The van der Waals surface area contributed by atoms with Gasteiger partial charge in [-0.3, -0.25) is 9.59 Å². The molecule has 0 saturated carbocycles. The highest BCUT2D eigenvalue weighted by Gasteiger charge is 2.24. The van der Waals surface area contributed by atoms with E-state index in [1.165, 1.54) is 0 Å². The number of hydrogen-bond acceptors (Lipinski definition) is 4. The largest absolute Gasteiger partial charge is 0.377 e. The molecule has 0 unspecified atom stereocenters. The predicted octanol–water partition coefficient (Wildman–Crippen LogP) is 1.82. The SMILES string of the molecule is CCO[C@@H]1CCCN(C(=O)CCc2c(C)[nH]c(=O)c(C#N)c2C)C1. The topological polar surface area (TPSA) is 86.2 Å². The van der Waals surface area contributed by atoms with E-state index in [0.717, 1.165) is 30.6 Å². The van der Waals surface area contributed by atoms with Crippen LogP contribution in [0.3, 0.4) is 0 Å². The Labute approximate surface area is 142 Å². The first-order valence-electron chi connectivity index (χ1n) is 8.49. The number of rotatable bonds is 5. The number of ether oxygens (including phenoxy) is 1. The number of carbonyl (C=O) groups is 1. The van der Waals surface area contributed by atoms with Crippen LogP contribution in [0.2, 0.25) is 0 Å². The van der Waals surface area contributed by atoms with Crippen LogP contribution in [0.4, 0.5) is 0 Å². The number of aryl methyl sites for hydroxylation is 1. The van der Waals surface area contributed by atoms with E-state index < -0.39 is 0 Å². The van der Waals surface area contributed by atoms with Crippen LogP contribution in [0.15, 0.2) is 4.79 Å². The minimum Gasteiger partial charge on any atom is -0.377 e. The van der Waals surface area contributed by atoms with Crippen LogP contribution in [-0.4, -0.2) is 41.6 Å². The lowest BCUT2D eigenvalue weighted by atomic mass is 9.98. The number of likely N-dealkylation sites (tertiary alicyclic amines) is 1. The van der Waals surface area contributed by atoms with E-state index in [2.05, 4.69) is 4.98 Å². The first-order valence-corrected chi connectivity index (χ1v) is 8.49. The number of nitriles is 1. The maximum Gasteiger partial charge on any atom is 0.266 e. The molecule has 6 heteroatoms. The van der Waals surface area contributed by atoms with E-state index in [0.29, 0.717) is 31.6 Å². The molecule has 0 spiro atoms. The standard InChI is InChI=1S/C18H25N3O3/c1-4-24-14-6-5-9-21(11-14)17(22)8-7-15-12(2)16(10-19)18(23)20-13(15)3/h14H,4-9,11H2,1-3H3,(H,20,23)/t14-/m1/s1. The molecule has 2 rings (SSSR count). The van der Waals surface area contributed by atoms with E-state index >= 15 is 0 Å². The molecule has 24 heavy (non-hydrogen) atoms. The molecule has 1 aliphatic heterocycles. The summed E-state index contributed by atoms with van der Waals surface area (Å²) < 4.78 is 5.64. The molecule has 6 nitrogen and oxygen atoms in total. The van der Waals surface area contributed by atoms with Crippen molar-refractivity contribution in [2.75, 3.05) is 19.7 Å². The average Bonchev–Trinajstić information content (AvgIpc) is 2.55. The third kappa shape index (κ3) is 4.04. The van der Waals surface area contributed by atoms with Crippen molar-refractivity contribution in [3.63, 3.8) is 0 Å². The number of aromatic nitrogens is 1. The van der Waals surface area contributed by atoms with Gasteiger partial charge in [-0.15, -0.1) is 0 Å². The van der Waals surface area contributed by atoms with Gasteiger partial charge >= 0.3 is 0 Å². The second-order valence-electron chi connectivity index (χ2n) is 6.23. The summed E-state index contributed by atoms with van der Waals surface area (Å²) in [7, 11) is 0. The molecule has 0 aromatic carbocycles. The Bertz CT molecular complexity index is 701. The molecular weight excluding hydrogens is 306 g/mol.